The molecule has 1 spiro atoms. The van der Waals surface area contributed by atoms with Crippen molar-refractivity contribution >= 4 is 28.6 Å². The van der Waals surface area contributed by atoms with E-state index in [9.17, 15) is 32.8 Å². The van der Waals surface area contributed by atoms with Crippen molar-refractivity contribution in [3.05, 3.63) is 35.5 Å². The van der Waals surface area contributed by atoms with Gasteiger partial charge in [0.15, 0.2) is 0 Å². The first kappa shape index (κ1) is 25.5. The summed E-state index contributed by atoms with van der Waals surface area (Å²) in [6.07, 6.45) is 1.03. The third-order valence-electron chi connectivity index (χ3n) is 7.10. The Labute approximate surface area is 206 Å². The van der Waals surface area contributed by atoms with Crippen molar-refractivity contribution < 1.29 is 27.6 Å². The predicted molar refractivity (Wildman–Crippen MR) is 124 cm³/mol. The number of likely N-dealkylation sites (N-methyl/N-ethyl adjacent to an activating group) is 1. The maximum atomic E-state index is 14.8. The standard InChI is InChI=1S/C25H28F3N5O3/c1-24(2,28)11-20(22(35)33-13-25(10-15(33)12-29)5-4-6-30-23(25)36)32(3)21(34)19-9-16-17(27)7-14(26)8-18(16)31-19/h7-9,15,20,31H,4-6,10-11,13H2,1-3H3,(H,30,36)/t15?,20-,25-/m0/s1. The van der Waals surface area contributed by atoms with Crippen LogP contribution in [0, 0.1) is 28.4 Å². The molecule has 8 nitrogen and oxygen atoms in total. The number of rotatable bonds is 5. The van der Waals surface area contributed by atoms with Crippen LogP contribution in [-0.4, -0.2) is 70.4 Å². The molecule has 36 heavy (non-hydrogen) atoms. The molecule has 11 heteroatoms. The van der Waals surface area contributed by atoms with E-state index in [2.05, 4.69) is 16.4 Å². The Morgan fingerprint density at radius 1 is 1.33 bits per heavy atom. The Hall–Kier alpha value is -3.55. The molecule has 2 N–H and O–H groups in total. The first-order valence-corrected chi connectivity index (χ1v) is 11.8. The molecule has 3 atom stereocenters. The normalized spacial score (nSPS) is 23.0. The van der Waals surface area contributed by atoms with Crippen LogP contribution in [0.15, 0.2) is 18.2 Å². The highest BCUT2D eigenvalue weighted by atomic mass is 19.1. The van der Waals surface area contributed by atoms with Crippen molar-refractivity contribution in [2.75, 3.05) is 20.1 Å². The van der Waals surface area contributed by atoms with Crippen LogP contribution in [0.2, 0.25) is 0 Å². The van der Waals surface area contributed by atoms with Gasteiger partial charge < -0.3 is 20.1 Å². The summed E-state index contributed by atoms with van der Waals surface area (Å²) >= 11 is 0. The van der Waals surface area contributed by atoms with Crippen molar-refractivity contribution in [3.63, 3.8) is 0 Å². The second kappa shape index (κ2) is 9.15. The number of carbonyl (C=O) groups excluding carboxylic acids is 3. The monoisotopic (exact) mass is 503 g/mol. The van der Waals surface area contributed by atoms with Crippen LogP contribution in [0.25, 0.3) is 10.9 Å². The molecule has 1 aromatic carbocycles. The van der Waals surface area contributed by atoms with Crippen LogP contribution in [0.1, 0.15) is 50.0 Å². The lowest BCUT2D eigenvalue weighted by atomic mass is 9.78. The Balaban J connectivity index is 1.65. The highest BCUT2D eigenvalue weighted by molar-refractivity contribution is 6.00. The number of carbonyl (C=O) groups is 3. The molecule has 1 unspecified atom stereocenters. The van der Waals surface area contributed by atoms with Gasteiger partial charge in [-0.3, -0.25) is 14.4 Å². The molecule has 2 fully saturated rings. The summed E-state index contributed by atoms with van der Waals surface area (Å²) < 4.78 is 42.6. The average molecular weight is 504 g/mol. The molecule has 1 aromatic heterocycles. The summed E-state index contributed by atoms with van der Waals surface area (Å²) in [7, 11) is 1.32. The number of H-pyrrole nitrogens is 1. The Morgan fingerprint density at radius 2 is 2.06 bits per heavy atom. The minimum absolute atomic E-state index is 0.00197. The Kier molecular flexibility index (Phi) is 6.49. The van der Waals surface area contributed by atoms with E-state index in [0.717, 1.165) is 11.0 Å². The molecular formula is C25H28F3N5O3. The number of aromatic nitrogens is 1. The van der Waals surface area contributed by atoms with Gasteiger partial charge in [-0.2, -0.15) is 5.26 Å². The highest BCUT2D eigenvalue weighted by Crippen LogP contribution is 2.41. The van der Waals surface area contributed by atoms with Crippen LogP contribution in [0.5, 0.6) is 0 Å². The van der Waals surface area contributed by atoms with Gasteiger partial charge in [-0.1, -0.05) is 0 Å². The van der Waals surface area contributed by atoms with Crippen LogP contribution >= 0.6 is 0 Å². The molecule has 2 saturated heterocycles. The second-order valence-corrected chi connectivity index (χ2v) is 10.3. The van der Waals surface area contributed by atoms with Gasteiger partial charge in [0.25, 0.3) is 5.91 Å². The van der Waals surface area contributed by atoms with Crippen LogP contribution in [0.4, 0.5) is 13.2 Å². The number of likely N-dealkylation sites (tertiary alicyclic amines) is 1. The molecule has 3 amide bonds. The molecule has 4 rings (SSSR count). The van der Waals surface area contributed by atoms with E-state index in [1.807, 2.05) is 0 Å². The first-order chi connectivity index (χ1) is 16.8. The summed E-state index contributed by atoms with van der Waals surface area (Å²) in [5, 5.41) is 12.5. The molecule has 2 aromatic rings. The third-order valence-corrected chi connectivity index (χ3v) is 7.10. The number of hydrogen-bond donors (Lipinski definition) is 2. The van der Waals surface area contributed by atoms with Gasteiger partial charge >= 0.3 is 0 Å². The molecule has 3 heterocycles. The molecule has 0 bridgehead atoms. The van der Waals surface area contributed by atoms with E-state index in [1.54, 1.807) is 0 Å². The van der Waals surface area contributed by atoms with E-state index >= 15 is 0 Å². The number of nitriles is 1. The summed E-state index contributed by atoms with van der Waals surface area (Å²) in [6, 6.07) is 2.82. The highest BCUT2D eigenvalue weighted by Gasteiger charge is 2.53. The number of piperidine rings is 1. The Bertz CT molecular complexity index is 1260. The maximum Gasteiger partial charge on any atom is 0.270 e. The Morgan fingerprint density at radius 3 is 2.69 bits per heavy atom. The van der Waals surface area contributed by atoms with E-state index in [4.69, 9.17) is 0 Å². The zero-order valence-electron chi connectivity index (χ0n) is 20.3. The zero-order valence-corrected chi connectivity index (χ0v) is 20.3. The van der Waals surface area contributed by atoms with E-state index in [-0.39, 0.29) is 41.9 Å². The maximum absolute atomic E-state index is 14.8. The third kappa shape index (κ3) is 4.64. The minimum Gasteiger partial charge on any atom is -0.356 e. The number of nitrogens with zero attached hydrogens (tertiary/aromatic N) is 3. The fraction of sp³-hybridized carbons (Fsp3) is 0.520. The van der Waals surface area contributed by atoms with Crippen LogP contribution in [0.3, 0.4) is 0 Å². The SMILES string of the molecule is CN(C(=O)c1cc2c(F)cc(F)cc2[nH]1)[C@@H](CC(C)(C)F)C(=O)N1C[C@]2(CCCNC2=O)CC1C#N. The van der Waals surface area contributed by atoms with E-state index in [1.165, 1.54) is 31.9 Å². The van der Waals surface area contributed by atoms with Gasteiger partial charge in [-0.15, -0.1) is 0 Å². The van der Waals surface area contributed by atoms with Crippen molar-refractivity contribution in [3.8, 4) is 6.07 Å². The molecule has 2 aliphatic rings. The molecule has 0 aliphatic carbocycles. The minimum atomic E-state index is -1.85. The number of amides is 3. The van der Waals surface area contributed by atoms with Crippen LogP contribution < -0.4 is 5.32 Å². The molecule has 0 radical (unpaired) electrons. The van der Waals surface area contributed by atoms with Gasteiger partial charge in [0.05, 0.1) is 17.0 Å². The quantitative estimate of drug-likeness (QED) is 0.654. The number of halogens is 3. The number of nitrogens with one attached hydrogen (secondary N) is 2. The van der Waals surface area contributed by atoms with Gasteiger partial charge in [0, 0.05) is 38.0 Å². The molecule has 0 saturated carbocycles. The molecule has 192 valence electrons. The summed E-state index contributed by atoms with van der Waals surface area (Å²) in [5.74, 6) is -3.27. The number of hydrogen-bond acceptors (Lipinski definition) is 4. The van der Waals surface area contributed by atoms with Gasteiger partial charge in [0.1, 0.15) is 35.1 Å². The molecule has 2 aliphatic heterocycles. The predicted octanol–water partition coefficient (Wildman–Crippen LogP) is 3.05. The van der Waals surface area contributed by atoms with E-state index in [0.29, 0.717) is 25.5 Å². The lowest BCUT2D eigenvalue weighted by Gasteiger charge is -2.35. The fourth-order valence-electron chi connectivity index (χ4n) is 5.25. The largest absolute Gasteiger partial charge is 0.356 e. The van der Waals surface area contributed by atoms with Crippen molar-refractivity contribution in [1.82, 2.24) is 20.1 Å². The summed E-state index contributed by atoms with van der Waals surface area (Å²) in [4.78, 5) is 44.7. The summed E-state index contributed by atoms with van der Waals surface area (Å²) in [6.45, 7) is 3.07. The smallest absolute Gasteiger partial charge is 0.270 e. The van der Waals surface area contributed by atoms with Crippen molar-refractivity contribution in [2.45, 2.75) is 57.3 Å². The summed E-state index contributed by atoms with van der Waals surface area (Å²) in [5.41, 5.74) is -2.79. The molecular weight excluding hydrogens is 475 g/mol. The lowest BCUT2D eigenvalue weighted by molar-refractivity contribution is -0.139. The number of aromatic amines is 1. The first-order valence-electron chi connectivity index (χ1n) is 11.8. The van der Waals surface area contributed by atoms with Gasteiger partial charge in [0.2, 0.25) is 11.8 Å². The van der Waals surface area contributed by atoms with Gasteiger partial charge in [-0.05, 0) is 45.2 Å². The topological polar surface area (TPSA) is 109 Å². The second-order valence-electron chi connectivity index (χ2n) is 10.3. The lowest BCUT2D eigenvalue weighted by Crippen LogP contribution is -2.53. The zero-order chi connectivity index (χ0) is 26.4. The number of benzene rings is 1. The van der Waals surface area contributed by atoms with Crippen molar-refractivity contribution in [1.29, 1.82) is 5.26 Å². The average Bonchev–Trinajstić information content (AvgIpc) is 3.40. The van der Waals surface area contributed by atoms with Gasteiger partial charge in [-0.25, -0.2) is 13.2 Å². The fourth-order valence-corrected chi connectivity index (χ4v) is 5.25. The van der Waals surface area contributed by atoms with Crippen LogP contribution in [-0.2, 0) is 9.59 Å². The number of alkyl halides is 1. The number of fused-ring (bicyclic) bond motifs is 1. The van der Waals surface area contributed by atoms with Crippen molar-refractivity contribution in [2.24, 2.45) is 5.41 Å². The van der Waals surface area contributed by atoms with E-state index < -0.39 is 46.6 Å².